The maximum absolute atomic E-state index is 10.7. The van der Waals surface area contributed by atoms with E-state index in [9.17, 15) is 4.79 Å². The third-order valence-electron chi connectivity index (χ3n) is 2.13. The first kappa shape index (κ1) is 16.2. The molecule has 0 atom stereocenters. The molecular weight excluding hydrogens is 202 g/mol. The molecule has 3 nitrogen and oxygen atoms in total. The molecule has 0 saturated carbocycles. The first-order valence-corrected chi connectivity index (χ1v) is 4.99. The average molecular weight is 224 g/mol. The minimum Gasteiger partial charge on any atom is -0.480 e. The molecule has 0 aromatic carbocycles. The highest BCUT2D eigenvalue weighted by atomic mass is 35.5. The van der Waals surface area contributed by atoms with Gasteiger partial charge in [0.2, 0.25) is 0 Å². The van der Waals surface area contributed by atoms with Crippen LogP contribution in [0, 0.1) is 0 Å². The molecule has 0 unspecified atom stereocenters. The van der Waals surface area contributed by atoms with Gasteiger partial charge in [-0.25, -0.2) is 0 Å². The lowest BCUT2D eigenvalue weighted by Crippen LogP contribution is -2.46. The van der Waals surface area contributed by atoms with Crippen LogP contribution in [0.5, 0.6) is 0 Å². The van der Waals surface area contributed by atoms with Gasteiger partial charge in [-0.3, -0.25) is 4.79 Å². The Hall–Kier alpha value is -0.280. The molecule has 0 aromatic heterocycles. The number of nitrogens with one attached hydrogen (secondary N) is 1. The van der Waals surface area contributed by atoms with Crippen LogP contribution in [-0.4, -0.2) is 23.2 Å². The lowest BCUT2D eigenvalue weighted by molar-refractivity contribution is -0.143. The van der Waals surface area contributed by atoms with Crippen LogP contribution in [0.4, 0.5) is 0 Å². The van der Waals surface area contributed by atoms with Gasteiger partial charge in [-0.05, 0) is 26.8 Å². The van der Waals surface area contributed by atoms with E-state index in [0.717, 1.165) is 13.0 Å². The second-order valence-corrected chi connectivity index (χ2v) is 3.92. The van der Waals surface area contributed by atoms with Crippen LogP contribution >= 0.6 is 12.4 Å². The van der Waals surface area contributed by atoms with E-state index in [4.69, 9.17) is 5.11 Å². The van der Waals surface area contributed by atoms with Crippen molar-refractivity contribution in [3.8, 4) is 0 Å². The van der Waals surface area contributed by atoms with Crippen LogP contribution in [-0.2, 0) is 4.79 Å². The summed E-state index contributed by atoms with van der Waals surface area (Å²) < 4.78 is 0. The zero-order valence-electron chi connectivity index (χ0n) is 9.30. The third-order valence-corrected chi connectivity index (χ3v) is 2.13. The SMILES string of the molecule is CCCCCCNC(C)(C)C(=O)O.Cl. The number of hydrogen-bond donors (Lipinski definition) is 2. The van der Waals surface area contributed by atoms with E-state index in [1.807, 2.05) is 0 Å². The van der Waals surface area contributed by atoms with Crippen molar-refractivity contribution in [3.05, 3.63) is 0 Å². The third kappa shape index (κ3) is 7.15. The van der Waals surface area contributed by atoms with Crippen LogP contribution in [0.15, 0.2) is 0 Å². The molecule has 0 bridgehead atoms. The molecule has 0 heterocycles. The summed E-state index contributed by atoms with van der Waals surface area (Å²) in [5.41, 5.74) is -0.786. The van der Waals surface area contributed by atoms with Gasteiger partial charge in [0.05, 0.1) is 0 Å². The van der Waals surface area contributed by atoms with Crippen LogP contribution in [0.1, 0.15) is 46.5 Å². The summed E-state index contributed by atoms with van der Waals surface area (Å²) in [5.74, 6) is -0.789. The minimum absolute atomic E-state index is 0. The summed E-state index contributed by atoms with van der Waals surface area (Å²) >= 11 is 0. The van der Waals surface area contributed by atoms with Crippen LogP contribution < -0.4 is 5.32 Å². The van der Waals surface area contributed by atoms with E-state index < -0.39 is 11.5 Å². The Morgan fingerprint density at radius 3 is 2.29 bits per heavy atom. The number of unbranched alkanes of at least 4 members (excludes halogenated alkanes) is 3. The summed E-state index contributed by atoms with van der Waals surface area (Å²) in [4.78, 5) is 10.7. The van der Waals surface area contributed by atoms with E-state index in [2.05, 4.69) is 12.2 Å². The monoisotopic (exact) mass is 223 g/mol. The Morgan fingerprint density at radius 1 is 1.29 bits per heavy atom. The second-order valence-electron chi connectivity index (χ2n) is 3.92. The Labute approximate surface area is 92.7 Å². The molecule has 0 aliphatic rings. The Kier molecular flexibility index (Phi) is 9.31. The van der Waals surface area contributed by atoms with Gasteiger partial charge in [-0.2, -0.15) is 0 Å². The number of carboxylic acids is 1. The minimum atomic E-state index is -0.789. The van der Waals surface area contributed by atoms with Crippen LogP contribution in [0.25, 0.3) is 0 Å². The molecule has 0 saturated heterocycles. The van der Waals surface area contributed by atoms with Gasteiger partial charge in [0.1, 0.15) is 5.54 Å². The van der Waals surface area contributed by atoms with Crippen molar-refractivity contribution in [1.29, 1.82) is 0 Å². The second kappa shape index (κ2) is 8.06. The highest BCUT2D eigenvalue weighted by molar-refractivity contribution is 5.85. The Morgan fingerprint density at radius 2 is 1.86 bits per heavy atom. The van der Waals surface area contributed by atoms with Gasteiger partial charge >= 0.3 is 5.97 Å². The van der Waals surface area contributed by atoms with Crippen molar-refractivity contribution in [2.75, 3.05) is 6.54 Å². The van der Waals surface area contributed by atoms with E-state index in [1.165, 1.54) is 19.3 Å². The molecule has 0 aliphatic carbocycles. The van der Waals surface area contributed by atoms with E-state index in [1.54, 1.807) is 13.8 Å². The summed E-state index contributed by atoms with van der Waals surface area (Å²) in [6, 6.07) is 0. The fourth-order valence-corrected chi connectivity index (χ4v) is 1.03. The fraction of sp³-hybridized carbons (Fsp3) is 0.900. The quantitative estimate of drug-likeness (QED) is 0.652. The highest BCUT2D eigenvalue weighted by Gasteiger charge is 2.25. The zero-order valence-corrected chi connectivity index (χ0v) is 10.1. The molecular formula is C10H22ClNO2. The number of aliphatic carboxylic acids is 1. The van der Waals surface area contributed by atoms with Crippen LogP contribution in [0.2, 0.25) is 0 Å². The molecule has 0 radical (unpaired) electrons. The smallest absolute Gasteiger partial charge is 0.323 e. The number of halogens is 1. The van der Waals surface area contributed by atoms with Gasteiger partial charge in [0, 0.05) is 0 Å². The summed E-state index contributed by atoms with van der Waals surface area (Å²) in [6.45, 7) is 6.33. The number of rotatable bonds is 7. The van der Waals surface area contributed by atoms with Crippen molar-refractivity contribution >= 4 is 18.4 Å². The van der Waals surface area contributed by atoms with Crippen molar-refractivity contribution in [3.63, 3.8) is 0 Å². The maximum Gasteiger partial charge on any atom is 0.323 e. The standard InChI is InChI=1S/C10H21NO2.ClH/c1-4-5-6-7-8-11-10(2,3)9(12)13;/h11H,4-8H2,1-3H3,(H,12,13);1H. The molecule has 0 spiro atoms. The lowest BCUT2D eigenvalue weighted by Gasteiger charge is -2.20. The predicted octanol–water partition coefficient (Wildman–Crippen LogP) is 2.44. The maximum atomic E-state index is 10.7. The van der Waals surface area contributed by atoms with Crippen molar-refractivity contribution in [1.82, 2.24) is 5.32 Å². The summed E-state index contributed by atoms with van der Waals surface area (Å²) in [6.07, 6.45) is 4.68. The molecule has 0 amide bonds. The Balaban J connectivity index is 0. The number of hydrogen-bond acceptors (Lipinski definition) is 2. The lowest BCUT2D eigenvalue weighted by atomic mass is 10.1. The van der Waals surface area contributed by atoms with Gasteiger partial charge in [0.15, 0.2) is 0 Å². The van der Waals surface area contributed by atoms with E-state index >= 15 is 0 Å². The van der Waals surface area contributed by atoms with Gasteiger partial charge in [-0.15, -0.1) is 12.4 Å². The molecule has 0 aromatic rings. The van der Waals surface area contributed by atoms with Crippen LogP contribution in [0.3, 0.4) is 0 Å². The zero-order chi connectivity index (χ0) is 10.3. The summed E-state index contributed by atoms with van der Waals surface area (Å²) in [7, 11) is 0. The van der Waals surface area contributed by atoms with Crippen molar-refractivity contribution < 1.29 is 9.90 Å². The van der Waals surface area contributed by atoms with Gasteiger partial charge in [0.25, 0.3) is 0 Å². The largest absolute Gasteiger partial charge is 0.480 e. The fourth-order valence-electron chi connectivity index (χ4n) is 1.03. The molecule has 0 aliphatic heterocycles. The molecule has 86 valence electrons. The predicted molar refractivity (Wildman–Crippen MR) is 61.1 cm³/mol. The molecule has 0 fully saturated rings. The number of carboxylic acid groups (broad SMARTS) is 1. The average Bonchev–Trinajstić information content (AvgIpc) is 2.03. The molecule has 14 heavy (non-hydrogen) atoms. The first-order chi connectivity index (χ1) is 6.00. The Bertz CT molecular complexity index is 160. The summed E-state index contributed by atoms with van der Waals surface area (Å²) in [5, 5.41) is 11.8. The van der Waals surface area contributed by atoms with E-state index in [-0.39, 0.29) is 12.4 Å². The van der Waals surface area contributed by atoms with Crippen molar-refractivity contribution in [2.45, 2.75) is 52.0 Å². The van der Waals surface area contributed by atoms with E-state index in [0.29, 0.717) is 0 Å². The molecule has 0 rings (SSSR count). The molecule has 4 heteroatoms. The number of carbonyl (C=O) groups is 1. The van der Waals surface area contributed by atoms with Crippen molar-refractivity contribution in [2.24, 2.45) is 0 Å². The normalized spacial score (nSPS) is 10.8. The first-order valence-electron chi connectivity index (χ1n) is 4.99. The van der Waals surface area contributed by atoms with Gasteiger partial charge in [-0.1, -0.05) is 26.2 Å². The van der Waals surface area contributed by atoms with Gasteiger partial charge < -0.3 is 10.4 Å². The topological polar surface area (TPSA) is 49.3 Å². The molecule has 2 N–H and O–H groups in total. The highest BCUT2D eigenvalue weighted by Crippen LogP contribution is 2.03.